The molecule has 0 spiro atoms. The zero-order valence-corrected chi connectivity index (χ0v) is 7.76. The van der Waals surface area contributed by atoms with E-state index in [9.17, 15) is 4.39 Å². The van der Waals surface area contributed by atoms with E-state index >= 15 is 0 Å². The molecular formula is C10H15FN2. The number of hydrogen-bond acceptors (Lipinski definition) is 2. The normalized spacial score (nSPS) is 12.8. The molecule has 0 aliphatic heterocycles. The number of aryl methyl sites for hydroxylation is 1. The predicted octanol–water partition coefficient (Wildman–Crippen LogP) is 1.69. The van der Waals surface area contributed by atoms with Gasteiger partial charge >= 0.3 is 0 Å². The Kier molecular flexibility index (Phi) is 3.25. The fourth-order valence-corrected chi connectivity index (χ4v) is 1.18. The molecule has 0 radical (unpaired) electrons. The summed E-state index contributed by atoms with van der Waals surface area (Å²) in [6.07, 6.45) is 1.56. The highest BCUT2D eigenvalue weighted by molar-refractivity contribution is 5.47. The smallest absolute Gasteiger partial charge is 0.146 e. The topological polar surface area (TPSA) is 52.0 Å². The summed E-state index contributed by atoms with van der Waals surface area (Å²) in [6, 6.07) is 5.00. The SMILES string of the molecule is C[C@H](N)CCc1cccc(F)c1N. The summed E-state index contributed by atoms with van der Waals surface area (Å²) in [5.74, 6) is -0.345. The molecule has 0 aliphatic rings. The molecule has 0 bridgehead atoms. The Morgan fingerprint density at radius 1 is 1.46 bits per heavy atom. The standard InChI is InChI=1S/C10H15FN2/c1-7(12)5-6-8-3-2-4-9(11)10(8)13/h2-4,7H,5-6,12-13H2,1H3/t7-/m0/s1. The van der Waals surface area contributed by atoms with Gasteiger partial charge in [0, 0.05) is 6.04 Å². The van der Waals surface area contributed by atoms with Crippen LogP contribution in [-0.4, -0.2) is 6.04 Å². The number of nitrogens with two attached hydrogens (primary N) is 2. The van der Waals surface area contributed by atoms with Crippen molar-refractivity contribution in [2.75, 3.05) is 5.73 Å². The second-order valence-corrected chi connectivity index (χ2v) is 3.33. The third-order valence-corrected chi connectivity index (χ3v) is 2.01. The van der Waals surface area contributed by atoms with Crippen molar-refractivity contribution in [3.63, 3.8) is 0 Å². The van der Waals surface area contributed by atoms with Crippen LogP contribution in [-0.2, 0) is 6.42 Å². The van der Waals surface area contributed by atoms with E-state index in [1.165, 1.54) is 6.07 Å². The van der Waals surface area contributed by atoms with Crippen LogP contribution in [0.15, 0.2) is 18.2 Å². The van der Waals surface area contributed by atoms with Crippen LogP contribution in [0.25, 0.3) is 0 Å². The highest BCUT2D eigenvalue weighted by Crippen LogP contribution is 2.17. The molecule has 0 saturated heterocycles. The fourth-order valence-electron chi connectivity index (χ4n) is 1.18. The number of benzene rings is 1. The lowest BCUT2D eigenvalue weighted by Crippen LogP contribution is -2.15. The van der Waals surface area contributed by atoms with Gasteiger partial charge in [-0.15, -0.1) is 0 Å². The molecule has 1 aromatic rings. The Bertz CT molecular complexity index is 284. The fraction of sp³-hybridized carbons (Fsp3) is 0.400. The molecule has 1 rings (SSSR count). The van der Waals surface area contributed by atoms with Gasteiger partial charge in [0.1, 0.15) is 5.82 Å². The maximum Gasteiger partial charge on any atom is 0.146 e. The van der Waals surface area contributed by atoms with Gasteiger partial charge in [0.15, 0.2) is 0 Å². The zero-order chi connectivity index (χ0) is 9.84. The van der Waals surface area contributed by atoms with Gasteiger partial charge in [-0.2, -0.15) is 0 Å². The van der Waals surface area contributed by atoms with Crippen LogP contribution in [0.4, 0.5) is 10.1 Å². The Balaban J connectivity index is 2.71. The Hall–Kier alpha value is -1.09. The van der Waals surface area contributed by atoms with Crippen LogP contribution in [0.1, 0.15) is 18.9 Å². The maximum atomic E-state index is 12.9. The van der Waals surface area contributed by atoms with Crippen molar-refractivity contribution in [3.05, 3.63) is 29.6 Å². The van der Waals surface area contributed by atoms with Crippen LogP contribution in [0.3, 0.4) is 0 Å². The lowest BCUT2D eigenvalue weighted by molar-refractivity contribution is 0.625. The molecule has 72 valence electrons. The molecule has 1 atom stereocenters. The maximum absolute atomic E-state index is 12.9. The van der Waals surface area contributed by atoms with Gasteiger partial charge in [0.2, 0.25) is 0 Å². The number of rotatable bonds is 3. The van der Waals surface area contributed by atoms with Crippen LogP contribution in [0, 0.1) is 5.82 Å². The van der Waals surface area contributed by atoms with E-state index < -0.39 is 0 Å². The van der Waals surface area contributed by atoms with Gasteiger partial charge in [-0.25, -0.2) is 4.39 Å². The number of hydrogen-bond donors (Lipinski definition) is 2. The minimum absolute atomic E-state index is 0.127. The minimum Gasteiger partial charge on any atom is -0.396 e. The summed E-state index contributed by atoms with van der Waals surface area (Å²) >= 11 is 0. The molecule has 0 aromatic heterocycles. The van der Waals surface area contributed by atoms with E-state index in [-0.39, 0.29) is 17.5 Å². The van der Waals surface area contributed by atoms with Crippen molar-refractivity contribution in [1.29, 1.82) is 0 Å². The third kappa shape index (κ3) is 2.70. The summed E-state index contributed by atoms with van der Waals surface area (Å²) in [5.41, 5.74) is 12.2. The third-order valence-electron chi connectivity index (χ3n) is 2.01. The van der Waals surface area contributed by atoms with Crippen molar-refractivity contribution in [1.82, 2.24) is 0 Å². The molecule has 0 fully saturated rings. The average molecular weight is 182 g/mol. The van der Waals surface area contributed by atoms with Crippen LogP contribution in [0.2, 0.25) is 0 Å². The zero-order valence-electron chi connectivity index (χ0n) is 7.76. The van der Waals surface area contributed by atoms with Crippen LogP contribution in [0.5, 0.6) is 0 Å². The molecule has 4 N–H and O–H groups in total. The van der Waals surface area contributed by atoms with Gasteiger partial charge in [-0.3, -0.25) is 0 Å². The minimum atomic E-state index is -0.345. The lowest BCUT2D eigenvalue weighted by atomic mass is 10.0. The summed E-state index contributed by atoms with van der Waals surface area (Å²) in [6.45, 7) is 1.93. The predicted molar refractivity (Wildman–Crippen MR) is 52.8 cm³/mol. The highest BCUT2D eigenvalue weighted by Gasteiger charge is 2.04. The average Bonchev–Trinajstić information content (AvgIpc) is 2.07. The highest BCUT2D eigenvalue weighted by atomic mass is 19.1. The number of nitrogen functional groups attached to an aromatic ring is 1. The molecular weight excluding hydrogens is 167 g/mol. The molecule has 0 heterocycles. The molecule has 0 amide bonds. The van der Waals surface area contributed by atoms with E-state index in [0.29, 0.717) is 0 Å². The lowest BCUT2D eigenvalue weighted by Gasteiger charge is -2.07. The van der Waals surface area contributed by atoms with Gasteiger partial charge in [-0.1, -0.05) is 12.1 Å². The molecule has 1 aromatic carbocycles. The van der Waals surface area contributed by atoms with Gasteiger partial charge < -0.3 is 11.5 Å². The van der Waals surface area contributed by atoms with Crippen molar-refractivity contribution >= 4 is 5.69 Å². The Labute approximate surface area is 77.7 Å². The van der Waals surface area contributed by atoms with Gasteiger partial charge in [-0.05, 0) is 31.4 Å². The van der Waals surface area contributed by atoms with Crippen molar-refractivity contribution in [3.8, 4) is 0 Å². The Morgan fingerprint density at radius 3 is 2.77 bits per heavy atom. The summed E-state index contributed by atoms with van der Waals surface area (Å²) in [5, 5.41) is 0. The molecule has 0 unspecified atom stereocenters. The second-order valence-electron chi connectivity index (χ2n) is 3.33. The van der Waals surface area contributed by atoms with E-state index in [1.807, 2.05) is 13.0 Å². The van der Waals surface area contributed by atoms with E-state index in [2.05, 4.69) is 0 Å². The number of halogens is 1. The first-order chi connectivity index (χ1) is 6.11. The monoisotopic (exact) mass is 182 g/mol. The summed E-state index contributed by atoms with van der Waals surface area (Å²) in [4.78, 5) is 0. The van der Waals surface area contributed by atoms with Crippen molar-refractivity contribution < 1.29 is 4.39 Å². The molecule has 0 saturated carbocycles. The number of anilines is 1. The first kappa shape index (κ1) is 9.99. The van der Waals surface area contributed by atoms with Crippen molar-refractivity contribution in [2.45, 2.75) is 25.8 Å². The van der Waals surface area contributed by atoms with Crippen molar-refractivity contribution in [2.24, 2.45) is 5.73 Å². The largest absolute Gasteiger partial charge is 0.396 e. The van der Waals surface area contributed by atoms with Gasteiger partial charge in [0.05, 0.1) is 5.69 Å². The van der Waals surface area contributed by atoms with E-state index in [0.717, 1.165) is 18.4 Å². The van der Waals surface area contributed by atoms with Gasteiger partial charge in [0.25, 0.3) is 0 Å². The van der Waals surface area contributed by atoms with E-state index in [1.54, 1.807) is 6.07 Å². The Morgan fingerprint density at radius 2 is 2.15 bits per heavy atom. The van der Waals surface area contributed by atoms with Crippen LogP contribution < -0.4 is 11.5 Å². The van der Waals surface area contributed by atoms with E-state index in [4.69, 9.17) is 11.5 Å². The first-order valence-corrected chi connectivity index (χ1v) is 4.39. The molecule has 2 nitrogen and oxygen atoms in total. The summed E-state index contributed by atoms with van der Waals surface area (Å²) < 4.78 is 12.9. The first-order valence-electron chi connectivity index (χ1n) is 4.39. The quantitative estimate of drug-likeness (QED) is 0.699. The number of para-hydroxylation sites is 1. The molecule has 0 aliphatic carbocycles. The van der Waals surface area contributed by atoms with Crippen LogP contribution >= 0.6 is 0 Å². The molecule has 13 heavy (non-hydrogen) atoms. The molecule has 3 heteroatoms. The summed E-state index contributed by atoms with van der Waals surface area (Å²) in [7, 11) is 0. The second kappa shape index (κ2) is 4.23.